The Morgan fingerprint density at radius 1 is 0.330 bits per heavy atom. The van der Waals surface area contributed by atoms with E-state index in [4.69, 9.17) is 37.0 Å². The summed E-state index contributed by atoms with van der Waals surface area (Å²) in [6.07, 6.45) is 43.0. The average molecular weight is 1300 g/mol. The van der Waals surface area contributed by atoms with Crippen molar-refractivity contribution >= 4 is 39.5 Å². The predicted molar refractivity (Wildman–Crippen MR) is 354 cm³/mol. The molecule has 0 aromatic rings. The van der Waals surface area contributed by atoms with E-state index in [1.54, 1.807) is 0 Å². The van der Waals surface area contributed by atoms with Gasteiger partial charge in [-0.25, -0.2) is 9.13 Å². The summed E-state index contributed by atoms with van der Waals surface area (Å²) in [5.74, 6) is 0.0966. The Hall–Kier alpha value is -1.94. The number of ether oxygens (including phenoxy) is 4. The van der Waals surface area contributed by atoms with Crippen LogP contribution >= 0.6 is 15.6 Å². The van der Waals surface area contributed by atoms with E-state index in [0.29, 0.717) is 25.7 Å². The molecule has 0 aliphatic rings. The Labute approximate surface area is 537 Å². The van der Waals surface area contributed by atoms with Gasteiger partial charge in [0.05, 0.1) is 26.4 Å². The number of hydrogen-bond donors (Lipinski definition) is 3. The first-order valence-corrected chi connectivity index (χ1v) is 38.9. The normalized spacial score (nSPS) is 14.5. The summed E-state index contributed by atoms with van der Waals surface area (Å²) in [5, 5.41) is 10.6. The van der Waals surface area contributed by atoms with Gasteiger partial charge in [-0.05, 0) is 43.4 Å². The summed E-state index contributed by atoms with van der Waals surface area (Å²) in [4.78, 5) is 72.5. The van der Waals surface area contributed by atoms with Crippen molar-refractivity contribution in [3.05, 3.63) is 0 Å². The van der Waals surface area contributed by atoms with Crippen LogP contribution in [0.2, 0.25) is 0 Å². The second-order valence-electron chi connectivity index (χ2n) is 26.1. The zero-order valence-electron chi connectivity index (χ0n) is 57.2. The van der Waals surface area contributed by atoms with Gasteiger partial charge in [0, 0.05) is 25.7 Å². The number of esters is 4. The number of hydrogen-bond acceptors (Lipinski definition) is 15. The van der Waals surface area contributed by atoms with Gasteiger partial charge in [-0.2, -0.15) is 0 Å². The van der Waals surface area contributed by atoms with Crippen molar-refractivity contribution in [1.29, 1.82) is 0 Å². The highest BCUT2D eigenvalue weighted by molar-refractivity contribution is 7.47. The molecule has 0 heterocycles. The van der Waals surface area contributed by atoms with Crippen molar-refractivity contribution in [3.63, 3.8) is 0 Å². The minimum Gasteiger partial charge on any atom is -0.462 e. The summed E-state index contributed by atoms with van der Waals surface area (Å²) in [5.41, 5.74) is 0. The highest BCUT2D eigenvalue weighted by atomic mass is 31.2. The van der Waals surface area contributed by atoms with E-state index in [1.807, 2.05) is 0 Å². The van der Waals surface area contributed by atoms with E-state index in [2.05, 4.69) is 48.5 Å². The molecule has 3 N–H and O–H groups in total. The lowest BCUT2D eigenvalue weighted by Gasteiger charge is -2.21. The van der Waals surface area contributed by atoms with Crippen LogP contribution in [-0.4, -0.2) is 96.7 Å². The van der Waals surface area contributed by atoms with Gasteiger partial charge in [0.25, 0.3) is 0 Å². The van der Waals surface area contributed by atoms with Crippen molar-refractivity contribution in [2.24, 2.45) is 17.8 Å². The van der Waals surface area contributed by atoms with E-state index >= 15 is 0 Å². The van der Waals surface area contributed by atoms with Gasteiger partial charge < -0.3 is 33.8 Å². The van der Waals surface area contributed by atoms with Crippen LogP contribution in [-0.2, 0) is 65.4 Å². The van der Waals surface area contributed by atoms with Crippen LogP contribution in [0.3, 0.4) is 0 Å². The molecule has 0 fully saturated rings. The summed E-state index contributed by atoms with van der Waals surface area (Å²) >= 11 is 0. The van der Waals surface area contributed by atoms with Gasteiger partial charge in [-0.15, -0.1) is 0 Å². The molecule has 19 heteroatoms. The molecule has 0 aromatic heterocycles. The van der Waals surface area contributed by atoms with Crippen LogP contribution in [0.5, 0.6) is 0 Å². The molecule has 522 valence electrons. The van der Waals surface area contributed by atoms with Crippen molar-refractivity contribution in [2.45, 2.75) is 362 Å². The zero-order chi connectivity index (χ0) is 65.2. The first kappa shape index (κ1) is 86.1. The SMILES string of the molecule is CCCCCCCCCCCCCCC(=O)OC[C@H](COP(=O)(O)OC[C@@H](O)COP(=O)(O)OC[C@@H](COC(=O)CCCCCCCCC(C)CC)OC(=O)CCCCCCCCCCC(C)C)OC(=O)CCCCCCCCCCCCCCC(C)C. The molecule has 3 unspecified atom stereocenters. The maximum Gasteiger partial charge on any atom is 0.472 e. The molecule has 0 bridgehead atoms. The Kier molecular flexibility index (Phi) is 58.7. The number of unbranched alkanes of at least 4 members (excludes halogenated alkanes) is 34. The molecule has 0 aliphatic heterocycles. The Bertz CT molecular complexity index is 1730. The third-order valence-electron chi connectivity index (χ3n) is 16.2. The lowest BCUT2D eigenvalue weighted by Crippen LogP contribution is -2.30. The first-order chi connectivity index (χ1) is 42.3. The topological polar surface area (TPSA) is 237 Å². The van der Waals surface area contributed by atoms with Crippen molar-refractivity contribution < 1.29 is 80.2 Å². The van der Waals surface area contributed by atoms with Crippen LogP contribution in [0, 0.1) is 17.8 Å². The van der Waals surface area contributed by atoms with Crippen LogP contribution in [0.4, 0.5) is 0 Å². The molecule has 0 spiro atoms. The number of rotatable bonds is 67. The lowest BCUT2D eigenvalue weighted by molar-refractivity contribution is -0.161. The summed E-state index contributed by atoms with van der Waals surface area (Å²) in [6.45, 7) is 11.8. The third-order valence-corrected chi connectivity index (χ3v) is 18.1. The summed E-state index contributed by atoms with van der Waals surface area (Å²) < 4.78 is 68.2. The molecule has 0 radical (unpaired) electrons. The minimum absolute atomic E-state index is 0.103. The largest absolute Gasteiger partial charge is 0.472 e. The maximum atomic E-state index is 13.0. The molecule has 0 amide bonds. The highest BCUT2D eigenvalue weighted by Gasteiger charge is 2.30. The Morgan fingerprint density at radius 2 is 0.580 bits per heavy atom. The van der Waals surface area contributed by atoms with Crippen LogP contribution in [0.25, 0.3) is 0 Å². The fourth-order valence-electron chi connectivity index (χ4n) is 10.3. The van der Waals surface area contributed by atoms with Gasteiger partial charge in [-0.1, -0.05) is 292 Å². The van der Waals surface area contributed by atoms with E-state index in [-0.39, 0.29) is 25.7 Å². The molecule has 17 nitrogen and oxygen atoms in total. The second kappa shape index (κ2) is 60.0. The van der Waals surface area contributed by atoms with Crippen molar-refractivity contribution in [3.8, 4) is 0 Å². The fraction of sp³-hybridized carbons (Fsp3) is 0.942. The quantitative estimate of drug-likeness (QED) is 0.0222. The lowest BCUT2D eigenvalue weighted by atomic mass is 10.00. The number of phosphoric acid groups is 2. The molecule has 0 aliphatic carbocycles. The highest BCUT2D eigenvalue weighted by Crippen LogP contribution is 2.45. The summed E-state index contributed by atoms with van der Waals surface area (Å²) in [7, 11) is -9.90. The first-order valence-electron chi connectivity index (χ1n) is 35.9. The van der Waals surface area contributed by atoms with E-state index in [0.717, 1.165) is 114 Å². The maximum absolute atomic E-state index is 13.0. The van der Waals surface area contributed by atoms with Gasteiger partial charge in [0.1, 0.15) is 19.3 Å². The zero-order valence-corrected chi connectivity index (χ0v) is 59.0. The smallest absolute Gasteiger partial charge is 0.462 e. The van der Waals surface area contributed by atoms with Crippen LogP contribution in [0.15, 0.2) is 0 Å². The van der Waals surface area contributed by atoms with Crippen LogP contribution in [0.1, 0.15) is 344 Å². The van der Waals surface area contributed by atoms with E-state index in [9.17, 15) is 43.2 Å². The van der Waals surface area contributed by atoms with Gasteiger partial charge >= 0.3 is 39.5 Å². The van der Waals surface area contributed by atoms with Crippen molar-refractivity contribution in [1.82, 2.24) is 0 Å². The number of carbonyl (C=O) groups is 4. The van der Waals surface area contributed by atoms with Gasteiger partial charge in [-0.3, -0.25) is 37.3 Å². The monoisotopic (exact) mass is 1300 g/mol. The molecular formula is C69H134O17P2. The van der Waals surface area contributed by atoms with E-state index in [1.165, 1.54) is 148 Å². The molecule has 0 saturated heterocycles. The van der Waals surface area contributed by atoms with Gasteiger partial charge in [0.15, 0.2) is 12.2 Å². The predicted octanol–water partition coefficient (Wildman–Crippen LogP) is 19.5. The number of phosphoric ester groups is 2. The molecule has 0 rings (SSSR count). The Morgan fingerprint density at radius 3 is 0.864 bits per heavy atom. The average Bonchev–Trinajstić information content (AvgIpc) is 3.64. The van der Waals surface area contributed by atoms with Gasteiger partial charge in [0.2, 0.25) is 0 Å². The standard InChI is InChI=1S/C69H134O17P2/c1-8-10-11-12-13-14-15-19-22-28-36-43-50-66(71)79-56-64(85-68(73)52-45-38-29-23-20-17-16-18-21-26-33-40-47-60(3)4)58-83-87(75,76)81-54-63(70)55-82-88(77,78)84-59-65(57-80-67(72)51-44-37-32-31-35-42-49-62(7)9-2)86-69(74)53-46-39-30-25-24-27-34-41-48-61(5)6/h60-65,70H,8-59H2,1-7H3,(H,75,76)(H,77,78)/t62?,63-,64-,65-/m1/s1. The fourth-order valence-corrected chi connectivity index (χ4v) is 11.9. The molecule has 0 saturated carbocycles. The number of aliphatic hydroxyl groups excluding tert-OH is 1. The van der Waals surface area contributed by atoms with E-state index < -0.39 is 97.5 Å². The van der Waals surface area contributed by atoms with Crippen molar-refractivity contribution in [2.75, 3.05) is 39.6 Å². The molecule has 0 aromatic carbocycles. The molecule has 88 heavy (non-hydrogen) atoms. The minimum atomic E-state index is -4.95. The third kappa shape index (κ3) is 61.6. The number of carbonyl (C=O) groups excluding carboxylic acids is 4. The number of aliphatic hydroxyl groups is 1. The Balaban J connectivity index is 5.26. The molecular weight excluding hydrogens is 1160 g/mol. The second-order valence-corrected chi connectivity index (χ2v) is 29.0. The van der Waals surface area contributed by atoms with Crippen LogP contribution < -0.4 is 0 Å². The molecule has 6 atom stereocenters. The summed E-state index contributed by atoms with van der Waals surface area (Å²) in [6, 6.07) is 0.